The van der Waals surface area contributed by atoms with Crippen LogP contribution in [0.25, 0.3) is 0 Å². The number of carbonyl (C=O) groups excluding carboxylic acids is 1. The van der Waals surface area contributed by atoms with Crippen LogP contribution in [0, 0.1) is 0 Å². The Hall–Kier alpha value is -1.27. The molecular weight excluding hydrogens is 271 g/mol. The van der Waals surface area contributed by atoms with Crippen LogP contribution in [0.5, 0.6) is 0 Å². The van der Waals surface area contributed by atoms with E-state index in [-0.39, 0.29) is 17.2 Å². The summed E-state index contributed by atoms with van der Waals surface area (Å²) in [6.45, 7) is 1.28. The number of nitrogens with one attached hydrogen (secondary N) is 1. The number of halogens is 4. The Morgan fingerprint density at radius 2 is 2.11 bits per heavy atom. The van der Waals surface area contributed by atoms with Crippen LogP contribution in [0.3, 0.4) is 0 Å². The molecule has 0 saturated carbocycles. The summed E-state index contributed by atoms with van der Waals surface area (Å²) in [5, 5.41) is 10.9. The van der Waals surface area contributed by atoms with Crippen molar-refractivity contribution in [2.45, 2.75) is 19.1 Å². The maximum Gasteiger partial charge on any atom is 0.416 e. The Kier molecular flexibility index (Phi) is 4.59. The average molecular weight is 282 g/mol. The highest BCUT2D eigenvalue weighted by molar-refractivity contribution is 6.33. The van der Waals surface area contributed by atoms with Gasteiger partial charge in [0, 0.05) is 6.04 Å². The van der Waals surface area contributed by atoms with Gasteiger partial charge in [0.1, 0.15) is 0 Å². The molecule has 0 saturated heterocycles. The highest BCUT2D eigenvalue weighted by Crippen LogP contribution is 2.32. The Labute approximate surface area is 107 Å². The van der Waals surface area contributed by atoms with Gasteiger partial charge in [-0.05, 0) is 25.1 Å². The van der Waals surface area contributed by atoms with Crippen molar-refractivity contribution in [2.24, 2.45) is 0 Å². The second-order valence-electron chi connectivity index (χ2n) is 3.75. The minimum Gasteiger partial charge on any atom is -0.394 e. The van der Waals surface area contributed by atoms with Gasteiger partial charge in [-0.2, -0.15) is 13.2 Å². The normalized spacial score (nSPS) is 13.2. The first-order valence-corrected chi connectivity index (χ1v) is 5.42. The topological polar surface area (TPSA) is 49.3 Å². The zero-order chi connectivity index (χ0) is 13.9. The molecule has 0 aliphatic rings. The van der Waals surface area contributed by atoms with Gasteiger partial charge < -0.3 is 10.4 Å². The molecule has 0 aliphatic heterocycles. The van der Waals surface area contributed by atoms with Gasteiger partial charge in [0.2, 0.25) is 0 Å². The van der Waals surface area contributed by atoms with Crippen LogP contribution in [-0.4, -0.2) is 23.7 Å². The number of hydrogen-bond acceptors (Lipinski definition) is 2. The standard InChI is InChI=1S/C11H11ClF3NO2/c1-6(5-17)16-10(18)8-3-2-7(4-9(8)12)11(13,14)15/h2-4,6,17H,5H2,1H3,(H,16,18). The van der Waals surface area contributed by atoms with Gasteiger partial charge in [-0.15, -0.1) is 0 Å². The minimum absolute atomic E-state index is 0.0648. The Morgan fingerprint density at radius 1 is 1.50 bits per heavy atom. The molecule has 0 fully saturated rings. The fourth-order valence-corrected chi connectivity index (χ4v) is 1.49. The number of benzene rings is 1. The van der Waals surface area contributed by atoms with Gasteiger partial charge in [-0.3, -0.25) is 4.79 Å². The molecule has 1 atom stereocenters. The molecule has 0 aromatic heterocycles. The van der Waals surface area contributed by atoms with Gasteiger partial charge >= 0.3 is 6.18 Å². The number of alkyl halides is 3. The third kappa shape index (κ3) is 3.61. The monoisotopic (exact) mass is 281 g/mol. The summed E-state index contributed by atoms with van der Waals surface area (Å²) in [5.74, 6) is -0.629. The Morgan fingerprint density at radius 3 is 2.56 bits per heavy atom. The quantitative estimate of drug-likeness (QED) is 0.894. The number of hydrogen-bond donors (Lipinski definition) is 2. The molecule has 0 bridgehead atoms. The van der Waals surface area contributed by atoms with Crippen molar-refractivity contribution >= 4 is 17.5 Å². The second-order valence-corrected chi connectivity index (χ2v) is 4.16. The van der Waals surface area contributed by atoms with Crippen LogP contribution >= 0.6 is 11.6 Å². The van der Waals surface area contributed by atoms with Crippen molar-refractivity contribution < 1.29 is 23.1 Å². The summed E-state index contributed by atoms with van der Waals surface area (Å²) >= 11 is 5.63. The van der Waals surface area contributed by atoms with Crippen molar-refractivity contribution in [1.82, 2.24) is 5.32 Å². The lowest BCUT2D eigenvalue weighted by Crippen LogP contribution is -2.35. The van der Waals surface area contributed by atoms with E-state index in [1.807, 2.05) is 0 Å². The molecular formula is C11H11ClF3NO2. The summed E-state index contributed by atoms with van der Waals surface area (Å²) in [4.78, 5) is 11.6. The molecule has 3 nitrogen and oxygen atoms in total. The van der Waals surface area contributed by atoms with Crippen LogP contribution in [0.4, 0.5) is 13.2 Å². The van der Waals surface area contributed by atoms with Gasteiger partial charge in [-0.1, -0.05) is 11.6 Å². The van der Waals surface area contributed by atoms with E-state index >= 15 is 0 Å². The van der Waals surface area contributed by atoms with E-state index in [1.165, 1.54) is 0 Å². The van der Waals surface area contributed by atoms with Gasteiger partial charge in [0.15, 0.2) is 0 Å². The van der Waals surface area contributed by atoms with E-state index in [0.717, 1.165) is 12.1 Å². The lowest BCUT2D eigenvalue weighted by molar-refractivity contribution is -0.137. The average Bonchev–Trinajstić information content (AvgIpc) is 2.27. The van der Waals surface area contributed by atoms with Gasteiger partial charge in [0.05, 0.1) is 22.8 Å². The minimum atomic E-state index is -4.50. The Balaban J connectivity index is 2.96. The van der Waals surface area contributed by atoms with Crippen LogP contribution in [0.2, 0.25) is 5.02 Å². The molecule has 0 spiro atoms. The fraction of sp³-hybridized carbons (Fsp3) is 0.364. The molecule has 2 N–H and O–H groups in total. The highest BCUT2D eigenvalue weighted by Gasteiger charge is 2.31. The number of aliphatic hydroxyl groups excluding tert-OH is 1. The summed E-state index contributed by atoms with van der Waals surface area (Å²) in [5.41, 5.74) is -0.982. The predicted octanol–water partition coefficient (Wildman–Crippen LogP) is 2.47. The van der Waals surface area contributed by atoms with E-state index < -0.39 is 23.7 Å². The third-order valence-corrected chi connectivity index (χ3v) is 2.51. The molecule has 18 heavy (non-hydrogen) atoms. The molecule has 1 amide bonds. The number of aliphatic hydroxyl groups is 1. The summed E-state index contributed by atoms with van der Waals surface area (Å²) in [6.07, 6.45) is -4.50. The number of carbonyl (C=O) groups is 1. The van der Waals surface area contributed by atoms with Gasteiger partial charge in [-0.25, -0.2) is 0 Å². The summed E-state index contributed by atoms with van der Waals surface area (Å²) in [7, 11) is 0. The van der Waals surface area contributed by atoms with E-state index in [2.05, 4.69) is 5.32 Å². The molecule has 100 valence electrons. The molecule has 1 unspecified atom stereocenters. The SMILES string of the molecule is CC(CO)NC(=O)c1ccc(C(F)(F)F)cc1Cl. The molecule has 0 aliphatic carbocycles. The first-order chi connectivity index (χ1) is 8.25. The van der Waals surface area contributed by atoms with Crippen molar-refractivity contribution in [3.05, 3.63) is 34.3 Å². The number of rotatable bonds is 3. The smallest absolute Gasteiger partial charge is 0.394 e. The molecule has 0 heterocycles. The van der Waals surface area contributed by atoms with Crippen molar-refractivity contribution in [1.29, 1.82) is 0 Å². The van der Waals surface area contributed by atoms with Crippen LogP contribution in [0.15, 0.2) is 18.2 Å². The predicted molar refractivity (Wildman–Crippen MR) is 60.5 cm³/mol. The van der Waals surface area contributed by atoms with E-state index in [9.17, 15) is 18.0 Å². The zero-order valence-electron chi connectivity index (χ0n) is 9.38. The van der Waals surface area contributed by atoms with Crippen molar-refractivity contribution in [3.8, 4) is 0 Å². The van der Waals surface area contributed by atoms with Crippen LogP contribution < -0.4 is 5.32 Å². The first kappa shape index (κ1) is 14.8. The molecule has 1 aromatic rings. The molecule has 7 heteroatoms. The Bertz CT molecular complexity index is 448. The van der Waals surface area contributed by atoms with Crippen LogP contribution in [0.1, 0.15) is 22.8 Å². The maximum atomic E-state index is 12.4. The third-order valence-electron chi connectivity index (χ3n) is 2.19. The van der Waals surface area contributed by atoms with Crippen molar-refractivity contribution in [2.75, 3.05) is 6.61 Å². The fourth-order valence-electron chi connectivity index (χ4n) is 1.22. The second kappa shape index (κ2) is 5.58. The molecule has 1 rings (SSSR count). The molecule has 0 radical (unpaired) electrons. The van der Waals surface area contributed by atoms with Gasteiger partial charge in [0.25, 0.3) is 5.91 Å². The summed E-state index contributed by atoms with van der Waals surface area (Å²) in [6, 6.07) is 1.98. The van der Waals surface area contributed by atoms with Crippen molar-refractivity contribution in [3.63, 3.8) is 0 Å². The van der Waals surface area contributed by atoms with E-state index in [4.69, 9.17) is 16.7 Å². The highest BCUT2D eigenvalue weighted by atomic mass is 35.5. The number of amides is 1. The van der Waals surface area contributed by atoms with E-state index in [1.54, 1.807) is 6.92 Å². The van der Waals surface area contributed by atoms with Crippen LogP contribution in [-0.2, 0) is 6.18 Å². The van der Waals surface area contributed by atoms with E-state index in [0.29, 0.717) is 6.07 Å². The lowest BCUT2D eigenvalue weighted by Gasteiger charge is -2.13. The maximum absolute atomic E-state index is 12.4. The molecule has 1 aromatic carbocycles. The first-order valence-electron chi connectivity index (χ1n) is 5.04. The lowest BCUT2D eigenvalue weighted by atomic mass is 10.1. The summed E-state index contributed by atoms with van der Waals surface area (Å²) < 4.78 is 37.1. The zero-order valence-corrected chi connectivity index (χ0v) is 10.1. The largest absolute Gasteiger partial charge is 0.416 e.